The van der Waals surface area contributed by atoms with Gasteiger partial charge in [-0.1, -0.05) is 13.8 Å². The fourth-order valence-corrected chi connectivity index (χ4v) is 3.57. The van der Waals surface area contributed by atoms with Gasteiger partial charge in [0.25, 0.3) is 0 Å². The van der Waals surface area contributed by atoms with Crippen LogP contribution in [0.4, 0.5) is 0 Å². The molecular weight excluding hydrogens is 192 g/mol. The summed E-state index contributed by atoms with van der Waals surface area (Å²) < 4.78 is 0. The molecule has 0 aromatic rings. The molecule has 2 atom stereocenters. The van der Waals surface area contributed by atoms with Crippen LogP contribution in [0, 0.1) is 5.92 Å². The molecule has 0 aromatic carbocycles. The van der Waals surface area contributed by atoms with Crippen molar-refractivity contribution in [2.75, 3.05) is 25.1 Å². The molecule has 1 aliphatic rings. The summed E-state index contributed by atoms with van der Waals surface area (Å²) in [4.78, 5) is 2.51. The fourth-order valence-electron chi connectivity index (χ4n) is 2.06. The Bertz CT molecular complexity index is 176. The monoisotopic (exact) mass is 216 g/mol. The Morgan fingerprint density at radius 1 is 1.43 bits per heavy atom. The van der Waals surface area contributed by atoms with Crippen LogP contribution in [0.5, 0.6) is 0 Å². The summed E-state index contributed by atoms with van der Waals surface area (Å²) in [5.74, 6) is 3.18. The quantitative estimate of drug-likeness (QED) is 0.777. The van der Waals surface area contributed by atoms with Gasteiger partial charge < -0.3 is 5.73 Å². The molecule has 14 heavy (non-hydrogen) atoms. The van der Waals surface area contributed by atoms with Crippen molar-refractivity contribution in [3.8, 4) is 0 Å². The predicted molar refractivity (Wildman–Crippen MR) is 65.8 cm³/mol. The number of hydrogen-bond donors (Lipinski definition) is 1. The van der Waals surface area contributed by atoms with Crippen molar-refractivity contribution < 1.29 is 0 Å². The molecule has 0 aliphatic carbocycles. The van der Waals surface area contributed by atoms with E-state index in [0.717, 1.165) is 6.54 Å². The summed E-state index contributed by atoms with van der Waals surface area (Å²) in [6.07, 6.45) is 1.25. The highest BCUT2D eigenvalue weighted by Gasteiger charge is 2.39. The van der Waals surface area contributed by atoms with Gasteiger partial charge in [0.05, 0.1) is 0 Å². The van der Waals surface area contributed by atoms with E-state index in [2.05, 4.69) is 32.7 Å². The van der Waals surface area contributed by atoms with E-state index >= 15 is 0 Å². The van der Waals surface area contributed by atoms with Crippen LogP contribution in [0.25, 0.3) is 0 Å². The average Bonchev–Trinajstić information content (AvgIpc) is 2.64. The molecule has 3 heteroatoms. The number of likely N-dealkylation sites (N-methyl/N-ethyl adjacent to an activating group) is 1. The van der Waals surface area contributed by atoms with E-state index in [1.54, 1.807) is 0 Å². The molecule has 2 N–H and O–H groups in total. The van der Waals surface area contributed by atoms with E-state index < -0.39 is 0 Å². The average molecular weight is 216 g/mol. The van der Waals surface area contributed by atoms with Crippen molar-refractivity contribution >= 4 is 11.8 Å². The minimum Gasteiger partial charge on any atom is -0.329 e. The zero-order chi connectivity index (χ0) is 10.8. The van der Waals surface area contributed by atoms with Gasteiger partial charge in [0.1, 0.15) is 0 Å². The third-order valence-electron chi connectivity index (χ3n) is 3.79. The maximum absolute atomic E-state index is 5.95. The lowest BCUT2D eigenvalue weighted by Crippen LogP contribution is -2.56. The minimum atomic E-state index is 0.272. The van der Waals surface area contributed by atoms with E-state index in [4.69, 9.17) is 5.73 Å². The van der Waals surface area contributed by atoms with Crippen LogP contribution in [0.2, 0.25) is 0 Å². The fraction of sp³-hybridized carbons (Fsp3) is 1.00. The van der Waals surface area contributed by atoms with Gasteiger partial charge in [-0.15, -0.1) is 0 Å². The smallest absolute Gasteiger partial charge is 0.0429 e. The van der Waals surface area contributed by atoms with Crippen molar-refractivity contribution in [3.63, 3.8) is 0 Å². The topological polar surface area (TPSA) is 29.3 Å². The zero-order valence-electron chi connectivity index (χ0n) is 9.92. The third kappa shape index (κ3) is 2.26. The van der Waals surface area contributed by atoms with E-state index in [1.807, 2.05) is 11.8 Å². The van der Waals surface area contributed by atoms with Gasteiger partial charge in [-0.2, -0.15) is 11.8 Å². The Hall–Kier alpha value is 0.270. The predicted octanol–water partition coefficient (Wildman–Crippen LogP) is 1.80. The van der Waals surface area contributed by atoms with Gasteiger partial charge in [0, 0.05) is 23.9 Å². The zero-order valence-corrected chi connectivity index (χ0v) is 10.7. The van der Waals surface area contributed by atoms with E-state index in [-0.39, 0.29) is 5.54 Å². The number of rotatable bonds is 4. The number of thioether (sulfide) groups is 1. The van der Waals surface area contributed by atoms with Crippen LogP contribution in [-0.2, 0) is 0 Å². The molecule has 1 saturated heterocycles. The minimum absolute atomic E-state index is 0.272. The molecule has 0 spiro atoms. The first-order valence-corrected chi connectivity index (χ1v) is 6.70. The third-order valence-corrected chi connectivity index (χ3v) is 5.02. The molecule has 1 fully saturated rings. The van der Waals surface area contributed by atoms with Crippen LogP contribution in [0.3, 0.4) is 0 Å². The van der Waals surface area contributed by atoms with Crippen molar-refractivity contribution in [1.29, 1.82) is 0 Å². The molecule has 1 heterocycles. The first-order chi connectivity index (χ1) is 6.53. The second-order valence-electron chi connectivity index (χ2n) is 4.83. The van der Waals surface area contributed by atoms with Gasteiger partial charge in [0.15, 0.2) is 0 Å². The first kappa shape index (κ1) is 12.3. The van der Waals surface area contributed by atoms with Gasteiger partial charge >= 0.3 is 0 Å². The van der Waals surface area contributed by atoms with Gasteiger partial charge in [-0.05, 0) is 32.1 Å². The Kier molecular flexibility index (Phi) is 4.29. The van der Waals surface area contributed by atoms with E-state index in [9.17, 15) is 0 Å². The van der Waals surface area contributed by atoms with Crippen LogP contribution < -0.4 is 5.73 Å². The molecule has 0 radical (unpaired) electrons. The Morgan fingerprint density at radius 2 is 2.07 bits per heavy atom. The van der Waals surface area contributed by atoms with Gasteiger partial charge in [-0.3, -0.25) is 4.90 Å². The lowest BCUT2D eigenvalue weighted by molar-refractivity contribution is 0.0822. The summed E-state index contributed by atoms with van der Waals surface area (Å²) in [5.41, 5.74) is 6.22. The Morgan fingerprint density at radius 3 is 2.43 bits per heavy atom. The highest BCUT2D eigenvalue weighted by Crippen LogP contribution is 2.34. The van der Waals surface area contributed by atoms with E-state index in [0.29, 0.717) is 12.0 Å². The van der Waals surface area contributed by atoms with Crippen molar-refractivity contribution in [3.05, 3.63) is 0 Å². The van der Waals surface area contributed by atoms with Crippen molar-refractivity contribution in [2.24, 2.45) is 11.7 Å². The molecule has 0 saturated carbocycles. The molecular formula is C11H24N2S. The molecule has 2 nitrogen and oxygen atoms in total. The Labute approximate surface area is 92.6 Å². The van der Waals surface area contributed by atoms with Crippen LogP contribution in [0.1, 0.15) is 27.2 Å². The molecule has 1 aliphatic heterocycles. The van der Waals surface area contributed by atoms with Crippen LogP contribution in [-0.4, -0.2) is 41.6 Å². The van der Waals surface area contributed by atoms with E-state index in [1.165, 1.54) is 17.9 Å². The first-order valence-electron chi connectivity index (χ1n) is 5.54. The lowest BCUT2D eigenvalue weighted by Gasteiger charge is -2.42. The number of nitrogens with two attached hydrogens (primary N) is 1. The highest BCUT2D eigenvalue weighted by molar-refractivity contribution is 7.99. The van der Waals surface area contributed by atoms with Gasteiger partial charge in [-0.25, -0.2) is 0 Å². The highest BCUT2D eigenvalue weighted by atomic mass is 32.2. The molecule has 1 rings (SSSR count). The molecule has 84 valence electrons. The Balaban J connectivity index is 2.68. The maximum atomic E-state index is 5.95. The van der Waals surface area contributed by atoms with Crippen LogP contribution >= 0.6 is 11.8 Å². The molecule has 2 unspecified atom stereocenters. The number of nitrogens with zero attached hydrogens (tertiary/aromatic N) is 1. The lowest BCUT2D eigenvalue weighted by atomic mass is 9.92. The van der Waals surface area contributed by atoms with Crippen molar-refractivity contribution in [2.45, 2.75) is 38.8 Å². The molecule has 0 aromatic heterocycles. The largest absolute Gasteiger partial charge is 0.329 e. The standard InChI is InChI=1S/C11H24N2S/c1-9(2)10(3)13(4)11(7-12)5-6-14-8-11/h9-10H,5-8,12H2,1-4H3. The van der Waals surface area contributed by atoms with Crippen molar-refractivity contribution in [1.82, 2.24) is 4.90 Å². The second-order valence-corrected chi connectivity index (χ2v) is 5.93. The summed E-state index contributed by atoms with van der Waals surface area (Å²) >= 11 is 2.04. The summed E-state index contributed by atoms with van der Waals surface area (Å²) in [5, 5.41) is 0. The van der Waals surface area contributed by atoms with Gasteiger partial charge in [0.2, 0.25) is 0 Å². The van der Waals surface area contributed by atoms with Crippen LogP contribution in [0.15, 0.2) is 0 Å². The summed E-state index contributed by atoms with van der Waals surface area (Å²) in [7, 11) is 2.24. The number of hydrogen-bond acceptors (Lipinski definition) is 3. The maximum Gasteiger partial charge on any atom is 0.0429 e. The molecule has 0 amide bonds. The normalized spacial score (nSPS) is 30.2. The molecule has 0 bridgehead atoms. The SMILES string of the molecule is CC(C)C(C)N(C)C1(CN)CCSC1. The summed E-state index contributed by atoms with van der Waals surface area (Å²) in [6, 6.07) is 0.622. The second kappa shape index (κ2) is 4.86. The summed E-state index contributed by atoms with van der Waals surface area (Å²) in [6.45, 7) is 7.68.